The normalized spacial score (nSPS) is 10.3. The molecule has 0 saturated heterocycles. The predicted molar refractivity (Wildman–Crippen MR) is 49.5 cm³/mol. The Morgan fingerprint density at radius 1 is 1.64 bits per heavy atom. The average Bonchev–Trinajstić information content (AvgIpc) is 2.17. The minimum absolute atomic E-state index is 0.0609. The quantitative estimate of drug-likeness (QED) is 0.830. The Kier molecular flexibility index (Phi) is 3.49. The summed E-state index contributed by atoms with van der Waals surface area (Å²) in [5.74, 6) is 0. The number of nitrogens with zero attached hydrogens (tertiary/aromatic N) is 2. The molecule has 0 bridgehead atoms. The van der Waals surface area contributed by atoms with Crippen LogP contribution < -0.4 is 5.73 Å². The molecule has 0 radical (unpaired) electrons. The molecule has 0 aliphatic heterocycles. The molecule has 1 aromatic rings. The number of alkyl halides is 2. The molecule has 14 heavy (non-hydrogen) atoms. The minimum Gasteiger partial charge on any atom is -0.326 e. The van der Waals surface area contributed by atoms with Gasteiger partial charge < -0.3 is 5.73 Å². The summed E-state index contributed by atoms with van der Waals surface area (Å²) < 4.78 is 24.9. The smallest absolute Gasteiger partial charge is 0.280 e. The van der Waals surface area contributed by atoms with Gasteiger partial charge in [-0.25, -0.2) is 13.8 Å². The van der Waals surface area contributed by atoms with Gasteiger partial charge >= 0.3 is 0 Å². The molecule has 0 amide bonds. The van der Waals surface area contributed by atoms with E-state index in [1.54, 1.807) is 0 Å². The molecule has 3 nitrogen and oxygen atoms in total. The molecule has 0 aliphatic rings. The van der Waals surface area contributed by atoms with Crippen molar-refractivity contribution in [2.45, 2.75) is 13.0 Å². The zero-order valence-electron chi connectivity index (χ0n) is 6.97. The van der Waals surface area contributed by atoms with Crippen LogP contribution in [0.5, 0.6) is 0 Å². The van der Waals surface area contributed by atoms with E-state index in [0.29, 0.717) is 0 Å². The Bertz CT molecular complexity index is 387. The van der Waals surface area contributed by atoms with Gasteiger partial charge in [0.05, 0.1) is 5.56 Å². The highest BCUT2D eigenvalue weighted by atomic mass is 79.9. The molecule has 1 aromatic heterocycles. The first-order chi connectivity index (χ1) is 6.60. The number of hydrogen-bond donors (Lipinski definition) is 1. The lowest BCUT2D eigenvalue weighted by Gasteiger charge is -2.07. The van der Waals surface area contributed by atoms with E-state index in [1.165, 1.54) is 6.07 Å². The van der Waals surface area contributed by atoms with Crippen LogP contribution in [0.1, 0.15) is 23.2 Å². The van der Waals surface area contributed by atoms with Crippen molar-refractivity contribution in [3.05, 3.63) is 27.5 Å². The molecule has 2 N–H and O–H groups in total. The summed E-state index contributed by atoms with van der Waals surface area (Å²) in [6.45, 7) is -0.0609. The number of nitriles is 1. The molecule has 74 valence electrons. The molecular weight excluding hydrogens is 256 g/mol. The van der Waals surface area contributed by atoms with Crippen LogP contribution in [0.4, 0.5) is 8.78 Å². The average molecular weight is 262 g/mol. The molecule has 0 aliphatic carbocycles. The van der Waals surface area contributed by atoms with Crippen LogP contribution in [0.2, 0.25) is 0 Å². The van der Waals surface area contributed by atoms with Gasteiger partial charge in [0.2, 0.25) is 0 Å². The molecular formula is C8H6BrF2N3. The SMILES string of the molecule is N#Cc1cc(CN)c(C(F)F)nc1Br. The Morgan fingerprint density at radius 2 is 2.29 bits per heavy atom. The fourth-order valence-electron chi connectivity index (χ4n) is 0.976. The van der Waals surface area contributed by atoms with Crippen LogP contribution in [-0.2, 0) is 6.54 Å². The highest BCUT2D eigenvalue weighted by Crippen LogP contribution is 2.25. The van der Waals surface area contributed by atoms with Crippen molar-refractivity contribution in [3.8, 4) is 6.07 Å². The first kappa shape index (κ1) is 11.0. The summed E-state index contributed by atoms with van der Waals surface area (Å²) in [5, 5.41) is 8.62. The van der Waals surface area contributed by atoms with E-state index < -0.39 is 6.43 Å². The number of aromatic nitrogens is 1. The summed E-state index contributed by atoms with van der Waals surface area (Å²) in [5.41, 5.74) is 5.29. The van der Waals surface area contributed by atoms with E-state index in [-0.39, 0.29) is 28.0 Å². The highest BCUT2D eigenvalue weighted by Gasteiger charge is 2.16. The molecule has 0 aromatic carbocycles. The fraction of sp³-hybridized carbons (Fsp3) is 0.250. The van der Waals surface area contributed by atoms with Crippen LogP contribution >= 0.6 is 15.9 Å². The van der Waals surface area contributed by atoms with Crippen LogP contribution in [0.15, 0.2) is 10.7 Å². The molecule has 6 heteroatoms. The molecule has 0 saturated carbocycles. The van der Waals surface area contributed by atoms with Gasteiger partial charge in [-0.3, -0.25) is 0 Å². The third kappa shape index (κ3) is 2.05. The molecule has 1 rings (SSSR count). The van der Waals surface area contributed by atoms with Crippen LogP contribution in [0.25, 0.3) is 0 Å². The van der Waals surface area contributed by atoms with Gasteiger partial charge in [-0.2, -0.15) is 5.26 Å². The predicted octanol–water partition coefficient (Wildman–Crippen LogP) is 2.11. The van der Waals surface area contributed by atoms with Crippen LogP contribution in [0.3, 0.4) is 0 Å². The Balaban J connectivity index is 3.33. The Morgan fingerprint density at radius 3 is 2.71 bits per heavy atom. The van der Waals surface area contributed by atoms with Crippen molar-refractivity contribution < 1.29 is 8.78 Å². The van der Waals surface area contributed by atoms with Crippen molar-refractivity contribution in [2.75, 3.05) is 0 Å². The first-order valence-electron chi connectivity index (χ1n) is 3.67. The van der Waals surface area contributed by atoms with E-state index in [4.69, 9.17) is 11.0 Å². The van der Waals surface area contributed by atoms with Gasteiger partial charge in [-0.05, 0) is 27.6 Å². The monoisotopic (exact) mass is 261 g/mol. The van der Waals surface area contributed by atoms with Crippen molar-refractivity contribution in [1.29, 1.82) is 5.26 Å². The Labute approximate surface area is 87.7 Å². The maximum Gasteiger partial charge on any atom is 0.280 e. The van der Waals surface area contributed by atoms with Gasteiger partial charge in [0, 0.05) is 6.54 Å². The topological polar surface area (TPSA) is 62.7 Å². The van der Waals surface area contributed by atoms with E-state index in [9.17, 15) is 8.78 Å². The Hall–Kier alpha value is -1.06. The third-order valence-corrected chi connectivity index (χ3v) is 2.24. The first-order valence-corrected chi connectivity index (χ1v) is 4.47. The minimum atomic E-state index is -2.68. The maximum atomic E-state index is 12.4. The molecule has 0 fully saturated rings. The lowest BCUT2D eigenvalue weighted by atomic mass is 10.1. The van der Waals surface area contributed by atoms with Gasteiger partial charge in [0.25, 0.3) is 6.43 Å². The van der Waals surface area contributed by atoms with E-state index in [1.807, 2.05) is 6.07 Å². The fourth-order valence-corrected chi connectivity index (χ4v) is 1.37. The van der Waals surface area contributed by atoms with Gasteiger partial charge in [0.1, 0.15) is 16.4 Å². The van der Waals surface area contributed by atoms with E-state index in [2.05, 4.69) is 20.9 Å². The molecule has 1 heterocycles. The second kappa shape index (κ2) is 4.44. The van der Waals surface area contributed by atoms with Crippen molar-refractivity contribution in [1.82, 2.24) is 4.98 Å². The number of pyridine rings is 1. The van der Waals surface area contributed by atoms with Crippen LogP contribution in [-0.4, -0.2) is 4.98 Å². The highest BCUT2D eigenvalue weighted by molar-refractivity contribution is 9.10. The third-order valence-electron chi connectivity index (χ3n) is 1.64. The zero-order chi connectivity index (χ0) is 10.7. The number of rotatable bonds is 2. The van der Waals surface area contributed by atoms with Gasteiger partial charge in [-0.1, -0.05) is 0 Å². The number of hydrogen-bond acceptors (Lipinski definition) is 3. The zero-order valence-corrected chi connectivity index (χ0v) is 8.55. The van der Waals surface area contributed by atoms with Crippen LogP contribution in [0, 0.1) is 11.3 Å². The van der Waals surface area contributed by atoms with E-state index >= 15 is 0 Å². The van der Waals surface area contributed by atoms with Crippen molar-refractivity contribution in [3.63, 3.8) is 0 Å². The molecule has 0 atom stereocenters. The number of halogens is 3. The summed E-state index contributed by atoms with van der Waals surface area (Å²) in [7, 11) is 0. The second-order valence-corrected chi connectivity index (χ2v) is 3.24. The van der Waals surface area contributed by atoms with Crippen molar-refractivity contribution >= 4 is 15.9 Å². The molecule has 0 unspecified atom stereocenters. The summed E-state index contributed by atoms with van der Waals surface area (Å²) >= 11 is 2.93. The summed E-state index contributed by atoms with van der Waals surface area (Å²) in [6.07, 6.45) is -2.68. The van der Waals surface area contributed by atoms with Crippen molar-refractivity contribution in [2.24, 2.45) is 5.73 Å². The lowest BCUT2D eigenvalue weighted by Crippen LogP contribution is -2.06. The largest absolute Gasteiger partial charge is 0.326 e. The molecule has 0 spiro atoms. The van der Waals surface area contributed by atoms with Gasteiger partial charge in [-0.15, -0.1) is 0 Å². The summed E-state index contributed by atoms with van der Waals surface area (Å²) in [4.78, 5) is 3.58. The van der Waals surface area contributed by atoms with Gasteiger partial charge in [0.15, 0.2) is 0 Å². The second-order valence-electron chi connectivity index (χ2n) is 2.49. The lowest BCUT2D eigenvalue weighted by molar-refractivity contribution is 0.144. The number of nitrogens with two attached hydrogens (primary N) is 1. The standard InChI is InChI=1S/C8H6BrF2N3/c9-7-5(3-13)1-4(2-12)6(14-7)8(10)11/h1,8H,2,12H2. The van der Waals surface area contributed by atoms with E-state index in [0.717, 1.165) is 0 Å². The maximum absolute atomic E-state index is 12.4. The summed E-state index contributed by atoms with van der Waals surface area (Å²) in [6, 6.07) is 3.14.